The Morgan fingerprint density at radius 1 is 1.14 bits per heavy atom. The standard InChI is InChI=1S/C21H18ClN3OS2/c22-18-16-9-4-5-10-17(16)28-19(18)20(26)24-21(27)25(13-6-12-23)14-11-15-7-2-1-3-8-15/h1-5,7-10H,6,11,13-14H2,(H,24,26,27). The molecule has 0 saturated heterocycles. The van der Waals surface area contributed by atoms with Crippen molar-refractivity contribution in [2.75, 3.05) is 13.1 Å². The summed E-state index contributed by atoms with van der Waals surface area (Å²) in [6.07, 6.45) is 1.10. The van der Waals surface area contributed by atoms with Crippen molar-refractivity contribution in [1.82, 2.24) is 10.2 Å². The number of hydrogen-bond donors (Lipinski definition) is 1. The predicted molar refractivity (Wildman–Crippen MR) is 119 cm³/mol. The molecular weight excluding hydrogens is 410 g/mol. The van der Waals surface area contributed by atoms with Crippen LogP contribution in [0.2, 0.25) is 5.02 Å². The van der Waals surface area contributed by atoms with E-state index in [1.807, 2.05) is 59.5 Å². The zero-order valence-corrected chi connectivity index (χ0v) is 17.4. The van der Waals surface area contributed by atoms with E-state index in [1.165, 1.54) is 16.9 Å². The molecule has 1 heterocycles. The Balaban J connectivity index is 1.70. The van der Waals surface area contributed by atoms with Gasteiger partial charge in [-0.1, -0.05) is 60.1 Å². The van der Waals surface area contributed by atoms with Crippen LogP contribution >= 0.6 is 35.2 Å². The summed E-state index contributed by atoms with van der Waals surface area (Å²) >= 11 is 13.2. The Morgan fingerprint density at radius 2 is 1.86 bits per heavy atom. The summed E-state index contributed by atoms with van der Waals surface area (Å²) in [5, 5.41) is 13.3. The number of halogens is 1. The predicted octanol–water partition coefficient (Wildman–Crippen LogP) is 5.03. The van der Waals surface area contributed by atoms with Crippen LogP contribution in [0.25, 0.3) is 10.1 Å². The van der Waals surface area contributed by atoms with Gasteiger partial charge in [0.25, 0.3) is 5.91 Å². The topological polar surface area (TPSA) is 56.1 Å². The first kappa shape index (κ1) is 20.3. The largest absolute Gasteiger partial charge is 0.348 e. The van der Waals surface area contributed by atoms with Crippen molar-refractivity contribution in [3.63, 3.8) is 0 Å². The van der Waals surface area contributed by atoms with Gasteiger partial charge in [0, 0.05) is 23.2 Å². The molecule has 142 valence electrons. The molecule has 0 unspecified atom stereocenters. The fourth-order valence-corrected chi connectivity index (χ4v) is 4.49. The van der Waals surface area contributed by atoms with Gasteiger partial charge < -0.3 is 4.90 Å². The molecule has 2 aromatic carbocycles. The van der Waals surface area contributed by atoms with Crippen LogP contribution in [-0.2, 0) is 6.42 Å². The van der Waals surface area contributed by atoms with E-state index in [1.54, 1.807) is 0 Å². The molecule has 0 aliphatic carbocycles. The highest BCUT2D eigenvalue weighted by Crippen LogP contribution is 2.34. The summed E-state index contributed by atoms with van der Waals surface area (Å²) in [6.45, 7) is 1.08. The van der Waals surface area contributed by atoms with E-state index < -0.39 is 0 Å². The van der Waals surface area contributed by atoms with Crippen molar-refractivity contribution in [3.05, 3.63) is 70.1 Å². The lowest BCUT2D eigenvalue weighted by Crippen LogP contribution is -2.43. The van der Waals surface area contributed by atoms with Gasteiger partial charge in [0.1, 0.15) is 4.88 Å². The fourth-order valence-electron chi connectivity index (χ4n) is 2.80. The van der Waals surface area contributed by atoms with Crippen LogP contribution in [-0.4, -0.2) is 29.0 Å². The first-order valence-electron chi connectivity index (χ1n) is 8.78. The molecule has 0 fully saturated rings. The minimum absolute atomic E-state index is 0.310. The number of benzene rings is 2. The number of nitrogens with one attached hydrogen (secondary N) is 1. The average Bonchev–Trinajstić information content (AvgIpc) is 3.06. The maximum Gasteiger partial charge on any atom is 0.269 e. The number of rotatable bonds is 6. The number of nitrogens with zero attached hydrogens (tertiary/aromatic N) is 2. The first-order valence-corrected chi connectivity index (χ1v) is 10.4. The van der Waals surface area contributed by atoms with Crippen LogP contribution < -0.4 is 5.32 Å². The molecule has 0 spiro atoms. The van der Waals surface area contributed by atoms with Crippen LogP contribution in [0.5, 0.6) is 0 Å². The number of carbonyl (C=O) groups excluding carboxylic acids is 1. The molecule has 0 aliphatic heterocycles. The molecule has 4 nitrogen and oxygen atoms in total. The third-order valence-corrected chi connectivity index (χ3v) is 6.29. The van der Waals surface area contributed by atoms with E-state index in [4.69, 9.17) is 29.1 Å². The van der Waals surface area contributed by atoms with E-state index in [2.05, 4.69) is 11.4 Å². The molecule has 1 aromatic heterocycles. The number of amides is 1. The van der Waals surface area contributed by atoms with Gasteiger partial charge in [0.2, 0.25) is 0 Å². The molecular formula is C21H18ClN3OS2. The van der Waals surface area contributed by atoms with Crippen molar-refractivity contribution in [1.29, 1.82) is 5.26 Å². The highest BCUT2D eigenvalue weighted by Gasteiger charge is 2.20. The van der Waals surface area contributed by atoms with Crippen molar-refractivity contribution in [3.8, 4) is 6.07 Å². The SMILES string of the molecule is N#CCCN(CCc1ccccc1)C(=S)NC(=O)c1sc2ccccc2c1Cl. The number of thiophene rings is 1. The van der Waals surface area contributed by atoms with Crippen molar-refractivity contribution < 1.29 is 4.79 Å². The number of nitriles is 1. The van der Waals surface area contributed by atoms with Crippen molar-refractivity contribution in [2.24, 2.45) is 0 Å². The lowest BCUT2D eigenvalue weighted by molar-refractivity contribution is 0.0977. The Bertz CT molecular complexity index is 1030. The summed E-state index contributed by atoms with van der Waals surface area (Å²) in [4.78, 5) is 15.0. The second-order valence-corrected chi connectivity index (χ2v) is 7.95. The Kier molecular flexibility index (Phi) is 6.99. The second-order valence-electron chi connectivity index (χ2n) is 6.13. The Labute approximate surface area is 178 Å². The molecule has 0 radical (unpaired) electrons. The highest BCUT2D eigenvalue weighted by atomic mass is 35.5. The van der Waals surface area contributed by atoms with Gasteiger partial charge in [-0.3, -0.25) is 10.1 Å². The van der Waals surface area contributed by atoms with Gasteiger partial charge in [-0.2, -0.15) is 5.26 Å². The minimum Gasteiger partial charge on any atom is -0.348 e. The monoisotopic (exact) mass is 427 g/mol. The number of fused-ring (bicyclic) bond motifs is 1. The molecule has 1 amide bonds. The maximum atomic E-state index is 12.7. The normalized spacial score (nSPS) is 10.4. The number of hydrogen-bond acceptors (Lipinski definition) is 4. The lowest BCUT2D eigenvalue weighted by atomic mass is 10.1. The molecule has 7 heteroatoms. The van der Waals surface area contributed by atoms with Gasteiger partial charge in [0.05, 0.1) is 17.5 Å². The molecule has 0 atom stereocenters. The third kappa shape index (κ3) is 4.87. The van der Waals surface area contributed by atoms with Crippen LogP contribution in [0.1, 0.15) is 21.7 Å². The van der Waals surface area contributed by atoms with Crippen molar-refractivity contribution >= 4 is 56.3 Å². The Hall–Kier alpha value is -2.46. The van der Waals surface area contributed by atoms with Gasteiger partial charge in [-0.15, -0.1) is 11.3 Å². The zero-order chi connectivity index (χ0) is 19.9. The quantitative estimate of drug-likeness (QED) is 0.560. The molecule has 1 N–H and O–H groups in total. The first-order chi connectivity index (χ1) is 13.6. The summed E-state index contributed by atoms with van der Waals surface area (Å²) < 4.78 is 0.953. The van der Waals surface area contributed by atoms with Gasteiger partial charge in [-0.25, -0.2) is 0 Å². The van der Waals surface area contributed by atoms with E-state index in [0.29, 0.717) is 34.5 Å². The average molecular weight is 428 g/mol. The lowest BCUT2D eigenvalue weighted by Gasteiger charge is -2.24. The molecule has 0 aliphatic rings. The zero-order valence-electron chi connectivity index (χ0n) is 15.0. The summed E-state index contributed by atoms with van der Waals surface area (Å²) in [5.41, 5.74) is 1.17. The maximum absolute atomic E-state index is 12.7. The minimum atomic E-state index is -0.321. The van der Waals surface area contributed by atoms with E-state index in [0.717, 1.165) is 16.5 Å². The van der Waals surface area contributed by atoms with Crippen LogP contribution in [0.3, 0.4) is 0 Å². The summed E-state index contributed by atoms with van der Waals surface area (Å²) in [6, 6.07) is 19.8. The van der Waals surface area contributed by atoms with E-state index in [9.17, 15) is 4.79 Å². The Morgan fingerprint density at radius 3 is 2.57 bits per heavy atom. The second kappa shape index (κ2) is 9.65. The smallest absolute Gasteiger partial charge is 0.269 e. The van der Waals surface area contributed by atoms with E-state index in [-0.39, 0.29) is 5.91 Å². The van der Waals surface area contributed by atoms with Gasteiger partial charge >= 0.3 is 0 Å². The number of carbonyl (C=O) groups is 1. The van der Waals surface area contributed by atoms with Gasteiger partial charge in [-0.05, 0) is 30.3 Å². The highest BCUT2D eigenvalue weighted by molar-refractivity contribution is 7.80. The van der Waals surface area contributed by atoms with Gasteiger partial charge in [0.15, 0.2) is 5.11 Å². The third-order valence-electron chi connectivity index (χ3n) is 4.26. The van der Waals surface area contributed by atoms with Crippen LogP contribution in [0.15, 0.2) is 54.6 Å². The summed E-state index contributed by atoms with van der Waals surface area (Å²) in [7, 11) is 0. The van der Waals surface area contributed by atoms with Crippen molar-refractivity contribution in [2.45, 2.75) is 12.8 Å². The molecule has 0 bridgehead atoms. The molecule has 3 aromatic rings. The molecule has 28 heavy (non-hydrogen) atoms. The molecule has 3 rings (SSSR count). The van der Waals surface area contributed by atoms with Crippen LogP contribution in [0.4, 0.5) is 0 Å². The summed E-state index contributed by atoms with van der Waals surface area (Å²) in [5.74, 6) is -0.321. The molecule has 0 saturated carbocycles. The fraction of sp³-hybridized carbons (Fsp3) is 0.190. The van der Waals surface area contributed by atoms with E-state index >= 15 is 0 Å². The van der Waals surface area contributed by atoms with Crippen LogP contribution in [0, 0.1) is 11.3 Å². The number of thiocarbonyl (C=S) groups is 1.